The average Bonchev–Trinajstić information content (AvgIpc) is 2.43. The Balaban J connectivity index is 2.93. The molecule has 6 N–H and O–H groups in total. The van der Waals surface area contributed by atoms with Gasteiger partial charge in [0.25, 0.3) is 5.88 Å². The van der Waals surface area contributed by atoms with E-state index in [0.717, 1.165) is 0 Å². The number of aromatic amines is 1. The van der Waals surface area contributed by atoms with Crippen molar-refractivity contribution in [1.82, 2.24) is 14.6 Å². The summed E-state index contributed by atoms with van der Waals surface area (Å²) in [5, 5.41) is 11.7. The zero-order valence-electron chi connectivity index (χ0n) is 5.57. The van der Waals surface area contributed by atoms with Gasteiger partial charge in [0.2, 0.25) is 0 Å². The maximum Gasteiger partial charge on any atom is 0.256 e. The topological polar surface area (TPSA) is 105 Å². The summed E-state index contributed by atoms with van der Waals surface area (Å²) < 4.78 is 1.41. The van der Waals surface area contributed by atoms with Crippen molar-refractivity contribution in [3.8, 4) is 5.88 Å². The van der Waals surface area contributed by atoms with Crippen LogP contribution in [0.4, 0.5) is 11.5 Å². The van der Waals surface area contributed by atoms with Gasteiger partial charge in [-0.15, -0.1) is 0 Å². The van der Waals surface area contributed by atoms with E-state index in [2.05, 4.69) is 10.1 Å². The fraction of sp³-hybridized carbons (Fsp3) is 0. The molecule has 0 aliphatic rings. The van der Waals surface area contributed by atoms with Gasteiger partial charge in [-0.25, -0.2) is 4.52 Å². The Morgan fingerprint density at radius 1 is 1.55 bits per heavy atom. The molecule has 0 amide bonds. The van der Waals surface area contributed by atoms with E-state index < -0.39 is 0 Å². The van der Waals surface area contributed by atoms with E-state index in [-0.39, 0.29) is 11.7 Å². The molecule has 58 valence electrons. The van der Waals surface area contributed by atoms with Crippen LogP contribution in [0.3, 0.4) is 0 Å². The van der Waals surface area contributed by atoms with Crippen molar-refractivity contribution < 1.29 is 5.11 Å². The highest BCUT2D eigenvalue weighted by molar-refractivity contribution is 5.69. The number of aromatic nitrogens is 3. The number of hydrogen-bond donors (Lipinski definition) is 4. The molecule has 0 saturated carbocycles. The van der Waals surface area contributed by atoms with Gasteiger partial charge >= 0.3 is 0 Å². The monoisotopic (exact) mass is 153 g/mol. The predicted molar refractivity (Wildman–Crippen MR) is 40.0 cm³/mol. The predicted octanol–water partition coefficient (Wildman–Crippen LogP) is -0.468. The molecule has 0 aliphatic carbocycles. The number of rotatable bonds is 0. The van der Waals surface area contributed by atoms with Gasteiger partial charge < -0.3 is 16.6 Å². The Morgan fingerprint density at radius 2 is 2.27 bits per heavy atom. The lowest BCUT2D eigenvalue weighted by Crippen LogP contribution is -1.91. The Kier molecular flexibility index (Phi) is 0.857. The summed E-state index contributed by atoms with van der Waals surface area (Å²) in [5.41, 5.74) is 11.8. The third-order valence-electron chi connectivity index (χ3n) is 1.50. The first-order chi connectivity index (χ1) is 5.20. The lowest BCUT2D eigenvalue weighted by Gasteiger charge is -1.86. The zero-order chi connectivity index (χ0) is 8.01. The molecule has 0 saturated heterocycles. The molecule has 0 bridgehead atoms. The number of nitrogens with one attached hydrogen (secondary N) is 1. The van der Waals surface area contributed by atoms with E-state index in [9.17, 15) is 0 Å². The van der Waals surface area contributed by atoms with Crippen LogP contribution in [0.2, 0.25) is 0 Å². The van der Waals surface area contributed by atoms with E-state index in [0.29, 0.717) is 11.3 Å². The van der Waals surface area contributed by atoms with Crippen molar-refractivity contribution in [3.63, 3.8) is 0 Å². The minimum atomic E-state index is -0.205. The SMILES string of the molecule is Nc1c[nH]n2c(N)c(O)nc12. The molecule has 0 aliphatic heterocycles. The summed E-state index contributed by atoms with van der Waals surface area (Å²) in [7, 11) is 0. The molecule has 6 heteroatoms. The summed E-state index contributed by atoms with van der Waals surface area (Å²) >= 11 is 0. The third-order valence-corrected chi connectivity index (χ3v) is 1.50. The number of aromatic hydroxyl groups is 1. The number of nitrogens with two attached hydrogens (primary N) is 2. The minimum absolute atomic E-state index is 0.164. The molecule has 2 aromatic rings. The van der Waals surface area contributed by atoms with Crippen LogP contribution in [0.5, 0.6) is 5.88 Å². The second kappa shape index (κ2) is 1.60. The average molecular weight is 153 g/mol. The van der Waals surface area contributed by atoms with Crippen LogP contribution < -0.4 is 11.5 Å². The molecule has 0 atom stereocenters. The summed E-state index contributed by atoms with van der Waals surface area (Å²) in [6, 6.07) is 0. The number of imidazole rings is 1. The molecule has 2 rings (SSSR count). The number of nitrogen functional groups attached to an aromatic ring is 2. The molecule has 2 aromatic heterocycles. The second-order valence-electron chi connectivity index (χ2n) is 2.21. The lowest BCUT2D eigenvalue weighted by molar-refractivity contribution is 0.459. The maximum atomic E-state index is 9.02. The lowest BCUT2D eigenvalue weighted by atomic mass is 10.6. The van der Waals surface area contributed by atoms with Crippen LogP contribution in [0, 0.1) is 0 Å². The van der Waals surface area contributed by atoms with E-state index in [1.807, 2.05) is 0 Å². The summed E-state index contributed by atoms with van der Waals surface area (Å²) in [6.45, 7) is 0. The number of anilines is 2. The highest BCUT2D eigenvalue weighted by atomic mass is 16.3. The van der Waals surface area contributed by atoms with Gasteiger partial charge in [0.15, 0.2) is 11.5 Å². The molecule has 0 radical (unpaired) electrons. The fourth-order valence-electron chi connectivity index (χ4n) is 0.945. The largest absolute Gasteiger partial charge is 0.491 e. The van der Waals surface area contributed by atoms with Crippen LogP contribution in [0.1, 0.15) is 0 Å². The Hall–Kier alpha value is -1.85. The maximum absolute atomic E-state index is 9.02. The smallest absolute Gasteiger partial charge is 0.256 e. The molecule has 0 fully saturated rings. The number of fused-ring (bicyclic) bond motifs is 1. The van der Waals surface area contributed by atoms with Crippen molar-refractivity contribution >= 4 is 17.2 Å². The summed E-state index contributed by atoms with van der Waals surface area (Å²) in [5.74, 6) is -0.0414. The Bertz CT molecular complexity index is 400. The van der Waals surface area contributed by atoms with Crippen molar-refractivity contribution in [2.45, 2.75) is 0 Å². The first-order valence-electron chi connectivity index (χ1n) is 3.00. The number of nitrogens with zero attached hydrogens (tertiary/aromatic N) is 2. The van der Waals surface area contributed by atoms with E-state index in [1.165, 1.54) is 4.52 Å². The first kappa shape index (κ1) is 5.90. The highest BCUT2D eigenvalue weighted by Crippen LogP contribution is 2.22. The molecule has 6 nitrogen and oxygen atoms in total. The van der Waals surface area contributed by atoms with Gasteiger partial charge in [-0.1, -0.05) is 0 Å². The zero-order valence-corrected chi connectivity index (χ0v) is 5.57. The minimum Gasteiger partial charge on any atom is -0.491 e. The van der Waals surface area contributed by atoms with Gasteiger partial charge in [0.1, 0.15) is 0 Å². The fourth-order valence-corrected chi connectivity index (χ4v) is 0.945. The molecule has 0 spiro atoms. The Morgan fingerprint density at radius 3 is 2.91 bits per heavy atom. The van der Waals surface area contributed by atoms with Crippen molar-refractivity contribution in [1.29, 1.82) is 0 Å². The molecular weight excluding hydrogens is 146 g/mol. The summed E-state index contributed by atoms with van der Waals surface area (Å²) in [6.07, 6.45) is 1.55. The van der Waals surface area contributed by atoms with Crippen LogP contribution in [-0.4, -0.2) is 19.7 Å². The van der Waals surface area contributed by atoms with E-state index >= 15 is 0 Å². The van der Waals surface area contributed by atoms with Crippen LogP contribution in [-0.2, 0) is 0 Å². The molecular formula is C5H7N5O. The van der Waals surface area contributed by atoms with E-state index in [1.54, 1.807) is 6.20 Å². The summed E-state index contributed by atoms with van der Waals surface area (Å²) in [4.78, 5) is 3.71. The second-order valence-corrected chi connectivity index (χ2v) is 2.21. The highest BCUT2D eigenvalue weighted by Gasteiger charge is 2.10. The van der Waals surface area contributed by atoms with Gasteiger partial charge in [-0.2, -0.15) is 4.98 Å². The first-order valence-corrected chi connectivity index (χ1v) is 3.00. The van der Waals surface area contributed by atoms with Crippen molar-refractivity contribution in [3.05, 3.63) is 6.20 Å². The van der Waals surface area contributed by atoms with Gasteiger partial charge in [-0.05, 0) is 0 Å². The molecule has 0 aromatic carbocycles. The third kappa shape index (κ3) is 0.575. The van der Waals surface area contributed by atoms with Crippen LogP contribution >= 0.6 is 0 Å². The number of hydrogen-bond acceptors (Lipinski definition) is 4. The van der Waals surface area contributed by atoms with Gasteiger partial charge in [0.05, 0.1) is 5.69 Å². The quantitative estimate of drug-likeness (QED) is 0.410. The van der Waals surface area contributed by atoms with Crippen LogP contribution in [0.15, 0.2) is 6.20 Å². The molecule has 2 heterocycles. The molecule has 0 unspecified atom stereocenters. The number of H-pyrrole nitrogens is 1. The molecule has 11 heavy (non-hydrogen) atoms. The van der Waals surface area contributed by atoms with E-state index in [4.69, 9.17) is 16.6 Å². The standard InChI is InChI=1S/C5H7N5O/c6-2-1-8-10-3(7)5(11)9-4(2)10/h1,8,11H,6-7H2. The Labute approximate surface area is 61.4 Å². The normalized spacial score (nSPS) is 10.9. The van der Waals surface area contributed by atoms with Crippen LogP contribution in [0.25, 0.3) is 5.65 Å². The van der Waals surface area contributed by atoms with Crippen molar-refractivity contribution in [2.24, 2.45) is 0 Å². The van der Waals surface area contributed by atoms with Gasteiger partial charge in [-0.3, -0.25) is 5.10 Å². The van der Waals surface area contributed by atoms with Crippen molar-refractivity contribution in [2.75, 3.05) is 11.5 Å². The van der Waals surface area contributed by atoms with Gasteiger partial charge in [0, 0.05) is 6.20 Å².